The number of nitrogens with zero attached hydrogens (tertiary/aromatic N) is 1. The number of hydrogen-bond donors (Lipinski definition) is 3. The lowest BCUT2D eigenvalue weighted by molar-refractivity contribution is 1.37. The summed E-state index contributed by atoms with van der Waals surface area (Å²) in [5.74, 6) is -0.283. The van der Waals surface area contributed by atoms with E-state index in [-0.39, 0.29) is 5.96 Å². The van der Waals surface area contributed by atoms with Crippen molar-refractivity contribution in [2.45, 2.75) is 0 Å². The van der Waals surface area contributed by atoms with E-state index >= 15 is 0 Å². The molecule has 0 amide bonds. The topological polar surface area (TPSA) is 86.1 Å². The van der Waals surface area contributed by atoms with Gasteiger partial charge in [0.2, 0.25) is 5.96 Å². The highest BCUT2D eigenvalue weighted by atomic mass is 15.0. The summed E-state index contributed by atoms with van der Waals surface area (Å²) < 4.78 is 0. The molecule has 4 N–H and O–H groups in total. The largest absolute Gasteiger partial charge is 0.368 e. The summed E-state index contributed by atoms with van der Waals surface area (Å²) in [7, 11) is 0. The second-order valence-electron chi connectivity index (χ2n) is 4.31. The van der Waals surface area contributed by atoms with E-state index < -0.39 is 0 Å². The highest BCUT2D eigenvalue weighted by Crippen LogP contribution is 2.33. The molecule has 2 aromatic carbocycles. The van der Waals surface area contributed by atoms with Crippen LogP contribution in [-0.4, -0.2) is 17.4 Å². The van der Waals surface area contributed by atoms with E-state index in [1.54, 1.807) is 0 Å². The molecule has 4 heteroatoms. The van der Waals surface area contributed by atoms with Crippen molar-refractivity contribution in [3.05, 3.63) is 59.7 Å². The van der Waals surface area contributed by atoms with Crippen LogP contribution in [0.3, 0.4) is 0 Å². The Labute approximate surface area is 110 Å². The van der Waals surface area contributed by atoms with Gasteiger partial charge >= 0.3 is 0 Å². The van der Waals surface area contributed by atoms with E-state index in [9.17, 15) is 0 Å². The number of rotatable bonds is 0. The fourth-order valence-corrected chi connectivity index (χ4v) is 2.36. The summed E-state index contributed by atoms with van der Waals surface area (Å²) in [5, 5.41) is 15.6. The molecule has 2 aromatic rings. The third-order valence-electron chi connectivity index (χ3n) is 3.14. The lowest BCUT2D eigenvalue weighted by Gasteiger charge is -2.21. The van der Waals surface area contributed by atoms with Crippen molar-refractivity contribution >= 4 is 17.4 Å². The smallest absolute Gasteiger partial charge is 0.213 e. The Hall–Kier alpha value is -2.75. The fraction of sp³-hybridized carbons (Fsp3) is 0. The van der Waals surface area contributed by atoms with Gasteiger partial charge in [0.05, 0.1) is 5.71 Å². The van der Waals surface area contributed by atoms with Gasteiger partial charge in [0, 0.05) is 11.1 Å². The molecule has 1 aliphatic carbocycles. The van der Waals surface area contributed by atoms with Crippen molar-refractivity contribution in [2.75, 3.05) is 0 Å². The number of benzene rings is 2. The van der Waals surface area contributed by atoms with Gasteiger partial charge in [-0.3, -0.25) is 10.8 Å². The highest BCUT2D eigenvalue weighted by molar-refractivity contribution is 6.56. The third-order valence-corrected chi connectivity index (χ3v) is 3.14. The molecule has 0 aromatic heterocycles. The Kier molecular flexibility index (Phi) is 2.49. The predicted molar refractivity (Wildman–Crippen MR) is 77.2 cm³/mol. The Morgan fingerprint density at radius 2 is 1.32 bits per heavy atom. The minimum Gasteiger partial charge on any atom is -0.368 e. The number of guanidine groups is 1. The molecule has 0 spiro atoms. The number of nitrogens with two attached hydrogens (primary N) is 1. The second kappa shape index (κ2) is 4.17. The van der Waals surface area contributed by atoms with E-state index in [0.717, 1.165) is 22.3 Å². The standard InChI is InChI=1S/C15H12N4/c16-13-11-7-3-1-5-9(11)10-6-2-4-8-12(10)14(13)19-15(17)18/h1-8,16H,(H3,17,18)/b16-13?,19-14-. The van der Waals surface area contributed by atoms with E-state index in [0.29, 0.717) is 11.4 Å². The molecule has 1 aliphatic rings. The summed E-state index contributed by atoms with van der Waals surface area (Å²) in [5.41, 5.74) is 9.84. The molecule has 0 saturated heterocycles. The second-order valence-corrected chi connectivity index (χ2v) is 4.31. The van der Waals surface area contributed by atoms with Gasteiger partial charge in [-0.15, -0.1) is 0 Å². The number of aliphatic imine (C=N–C) groups is 1. The van der Waals surface area contributed by atoms with E-state index in [2.05, 4.69) is 4.99 Å². The molecule has 0 saturated carbocycles. The van der Waals surface area contributed by atoms with Crippen molar-refractivity contribution in [1.82, 2.24) is 0 Å². The Morgan fingerprint density at radius 3 is 1.89 bits per heavy atom. The summed E-state index contributed by atoms with van der Waals surface area (Å²) in [4.78, 5) is 4.01. The van der Waals surface area contributed by atoms with Crippen LogP contribution in [0, 0.1) is 10.8 Å². The Morgan fingerprint density at radius 1 is 0.842 bits per heavy atom. The molecule has 19 heavy (non-hydrogen) atoms. The first-order chi connectivity index (χ1) is 9.18. The molecule has 4 nitrogen and oxygen atoms in total. The van der Waals surface area contributed by atoms with Crippen LogP contribution in [-0.2, 0) is 0 Å². The van der Waals surface area contributed by atoms with Crippen molar-refractivity contribution in [3.63, 3.8) is 0 Å². The molecule has 0 heterocycles. The summed E-state index contributed by atoms with van der Waals surface area (Å²) in [6.07, 6.45) is 0. The van der Waals surface area contributed by atoms with Gasteiger partial charge in [-0.1, -0.05) is 48.5 Å². The molecular formula is C15H12N4. The average molecular weight is 248 g/mol. The predicted octanol–water partition coefficient (Wildman–Crippen LogP) is 2.42. The molecule has 0 aliphatic heterocycles. The van der Waals surface area contributed by atoms with Crippen LogP contribution in [0.5, 0.6) is 0 Å². The van der Waals surface area contributed by atoms with Crippen molar-refractivity contribution < 1.29 is 0 Å². The number of nitrogens with one attached hydrogen (secondary N) is 2. The lowest BCUT2D eigenvalue weighted by Crippen LogP contribution is -2.24. The molecule has 0 bridgehead atoms. The van der Waals surface area contributed by atoms with Gasteiger partial charge in [-0.25, -0.2) is 4.99 Å². The maximum Gasteiger partial charge on any atom is 0.213 e. The van der Waals surface area contributed by atoms with Gasteiger partial charge in [0.1, 0.15) is 5.71 Å². The van der Waals surface area contributed by atoms with Crippen molar-refractivity contribution in [2.24, 2.45) is 10.7 Å². The molecule has 0 unspecified atom stereocenters. The molecule has 92 valence electrons. The minimum absolute atomic E-state index is 0.283. The maximum absolute atomic E-state index is 8.27. The molecular weight excluding hydrogens is 236 g/mol. The molecule has 0 radical (unpaired) electrons. The first-order valence-corrected chi connectivity index (χ1v) is 5.89. The van der Waals surface area contributed by atoms with Crippen molar-refractivity contribution in [3.8, 4) is 11.1 Å². The van der Waals surface area contributed by atoms with Crippen molar-refractivity contribution in [1.29, 1.82) is 10.8 Å². The summed E-state index contributed by atoms with van der Waals surface area (Å²) in [6, 6.07) is 15.5. The lowest BCUT2D eigenvalue weighted by atomic mass is 9.83. The van der Waals surface area contributed by atoms with Crippen LogP contribution in [0.1, 0.15) is 11.1 Å². The van der Waals surface area contributed by atoms with Crippen LogP contribution in [0.2, 0.25) is 0 Å². The van der Waals surface area contributed by atoms with Crippen LogP contribution in [0.25, 0.3) is 11.1 Å². The number of hydrogen-bond acceptors (Lipinski definition) is 2. The minimum atomic E-state index is -0.283. The van der Waals surface area contributed by atoms with E-state index in [4.69, 9.17) is 16.6 Å². The van der Waals surface area contributed by atoms with Gasteiger partial charge in [-0.05, 0) is 11.1 Å². The van der Waals surface area contributed by atoms with Crippen LogP contribution in [0.4, 0.5) is 0 Å². The first-order valence-electron chi connectivity index (χ1n) is 5.89. The summed E-state index contributed by atoms with van der Waals surface area (Å²) in [6.45, 7) is 0. The normalized spacial score (nSPS) is 14.9. The fourth-order valence-electron chi connectivity index (χ4n) is 2.36. The van der Waals surface area contributed by atoms with Gasteiger partial charge in [0.25, 0.3) is 0 Å². The number of fused-ring (bicyclic) bond motifs is 3. The van der Waals surface area contributed by atoms with Gasteiger partial charge in [0.15, 0.2) is 0 Å². The zero-order valence-corrected chi connectivity index (χ0v) is 10.1. The SMILES string of the molecule is N=C(N)/N=C1\C(=N)c2ccccc2-c2ccccc21. The Balaban J connectivity index is 2.36. The quantitative estimate of drug-likeness (QED) is 0.485. The average Bonchev–Trinajstić information content (AvgIpc) is 2.43. The maximum atomic E-state index is 8.27. The van der Waals surface area contributed by atoms with Gasteiger partial charge in [-0.2, -0.15) is 0 Å². The van der Waals surface area contributed by atoms with E-state index in [1.165, 1.54) is 0 Å². The van der Waals surface area contributed by atoms with Crippen LogP contribution < -0.4 is 5.73 Å². The molecule has 0 atom stereocenters. The summed E-state index contributed by atoms with van der Waals surface area (Å²) >= 11 is 0. The molecule has 3 rings (SSSR count). The Bertz CT molecular complexity index is 728. The van der Waals surface area contributed by atoms with Crippen LogP contribution >= 0.6 is 0 Å². The molecule has 0 fully saturated rings. The zero-order valence-electron chi connectivity index (χ0n) is 10.1. The monoisotopic (exact) mass is 248 g/mol. The zero-order chi connectivity index (χ0) is 13.4. The third kappa shape index (κ3) is 1.74. The van der Waals surface area contributed by atoms with Gasteiger partial charge < -0.3 is 5.73 Å². The first kappa shape index (κ1) is 11.3. The van der Waals surface area contributed by atoms with Crippen LogP contribution in [0.15, 0.2) is 53.5 Å². The van der Waals surface area contributed by atoms with E-state index in [1.807, 2.05) is 48.5 Å². The highest BCUT2D eigenvalue weighted by Gasteiger charge is 2.25.